The number of hydrogen-bond donors (Lipinski definition) is 2. The number of anilines is 1. The number of hydrogen-bond acceptors (Lipinski definition) is 6. The van der Waals surface area contributed by atoms with E-state index in [1.165, 1.54) is 0 Å². The van der Waals surface area contributed by atoms with Crippen LogP contribution in [0.2, 0.25) is 0 Å². The molecule has 17 heteroatoms. The third-order valence-corrected chi connectivity index (χ3v) is 6.16. The van der Waals surface area contributed by atoms with Crippen LogP contribution in [0, 0.1) is 17.5 Å². The second-order valence-electron chi connectivity index (χ2n) is 10.2. The van der Waals surface area contributed by atoms with Crippen molar-refractivity contribution < 1.29 is 49.1 Å². The molecule has 10 nitrogen and oxygen atoms in total. The van der Waals surface area contributed by atoms with Crippen molar-refractivity contribution in [2.45, 2.75) is 64.5 Å². The van der Waals surface area contributed by atoms with Gasteiger partial charge in [0.2, 0.25) is 21.8 Å². The maximum absolute atomic E-state index is 14.3. The first kappa shape index (κ1) is 31.0. The summed E-state index contributed by atoms with van der Waals surface area (Å²) in [5.41, 5.74) is -1.52. The van der Waals surface area contributed by atoms with Gasteiger partial charge in [-0.15, -0.1) is 0 Å². The van der Waals surface area contributed by atoms with Gasteiger partial charge in [0, 0.05) is 31.6 Å². The number of imidazole rings is 1. The second kappa shape index (κ2) is 11.2. The molecule has 3 rings (SSSR count). The lowest BCUT2D eigenvalue weighted by atomic mass is 10.0. The fourth-order valence-corrected chi connectivity index (χ4v) is 4.54. The summed E-state index contributed by atoms with van der Waals surface area (Å²) in [4.78, 5) is 30.1. The van der Waals surface area contributed by atoms with Crippen LogP contribution >= 0.6 is 0 Å². The summed E-state index contributed by atoms with van der Waals surface area (Å²) < 4.78 is 113. The molecule has 0 fully saturated rings. The largest absolute Gasteiger partial charge is 0.449 e. The second-order valence-corrected chi connectivity index (χ2v) is 11.9. The molecule has 0 spiro atoms. The van der Waals surface area contributed by atoms with Crippen molar-refractivity contribution in [1.82, 2.24) is 19.8 Å². The number of benzene rings is 1. The maximum atomic E-state index is 14.3. The van der Waals surface area contributed by atoms with Gasteiger partial charge in [-0.2, -0.15) is 13.2 Å². The highest BCUT2D eigenvalue weighted by atomic mass is 32.2. The van der Waals surface area contributed by atoms with Gasteiger partial charge in [-0.3, -0.25) is 9.52 Å². The SMILES string of the molecule is CC(C)(C)OC(=O)N[C@@H](CC(=O)N1CCn2c(C(F)(F)F)nc(NS(C)(=O)=O)c2C1)Cc1cc(F)c(F)cc1F. The molecule has 1 aromatic carbocycles. The van der Waals surface area contributed by atoms with Crippen LogP contribution < -0.4 is 10.0 Å². The lowest BCUT2D eigenvalue weighted by Gasteiger charge is -2.31. The quantitative estimate of drug-likeness (QED) is 0.371. The van der Waals surface area contributed by atoms with Crippen molar-refractivity contribution in [3.05, 3.63) is 46.7 Å². The Labute approximate surface area is 225 Å². The number of nitrogens with zero attached hydrogens (tertiary/aromatic N) is 3. The van der Waals surface area contributed by atoms with Crippen molar-refractivity contribution in [2.24, 2.45) is 0 Å². The lowest BCUT2D eigenvalue weighted by Crippen LogP contribution is -2.45. The van der Waals surface area contributed by atoms with Gasteiger partial charge in [0.1, 0.15) is 11.4 Å². The van der Waals surface area contributed by atoms with Crippen LogP contribution in [0.5, 0.6) is 0 Å². The van der Waals surface area contributed by atoms with E-state index in [4.69, 9.17) is 4.74 Å². The topological polar surface area (TPSA) is 123 Å². The van der Waals surface area contributed by atoms with E-state index < -0.39 is 88.3 Å². The van der Waals surface area contributed by atoms with Gasteiger partial charge in [0.05, 0.1) is 18.5 Å². The highest BCUT2D eigenvalue weighted by molar-refractivity contribution is 7.92. The fourth-order valence-electron chi connectivity index (χ4n) is 4.03. The van der Waals surface area contributed by atoms with E-state index in [0.717, 1.165) is 15.7 Å². The third-order valence-electron chi connectivity index (χ3n) is 5.59. The number of fused-ring (bicyclic) bond motifs is 1. The van der Waals surface area contributed by atoms with Gasteiger partial charge in [-0.1, -0.05) is 0 Å². The van der Waals surface area contributed by atoms with E-state index in [2.05, 4.69) is 10.3 Å². The Morgan fingerprint density at radius 3 is 2.27 bits per heavy atom. The molecule has 2 heterocycles. The zero-order valence-corrected chi connectivity index (χ0v) is 22.6. The molecular formula is C23H27F6N5O5S. The first-order valence-electron chi connectivity index (χ1n) is 11.8. The van der Waals surface area contributed by atoms with E-state index in [1.54, 1.807) is 20.8 Å². The molecular weight excluding hydrogens is 572 g/mol. The smallest absolute Gasteiger partial charge is 0.444 e. The monoisotopic (exact) mass is 599 g/mol. The van der Waals surface area contributed by atoms with E-state index in [-0.39, 0.29) is 24.3 Å². The van der Waals surface area contributed by atoms with E-state index in [9.17, 15) is 44.3 Å². The van der Waals surface area contributed by atoms with E-state index in [0.29, 0.717) is 12.1 Å². The number of ether oxygens (including phenoxy) is 1. The molecule has 0 saturated carbocycles. The molecule has 2 N–H and O–H groups in total. The molecule has 0 saturated heterocycles. The first-order valence-corrected chi connectivity index (χ1v) is 13.7. The van der Waals surface area contributed by atoms with Crippen LogP contribution in [0.25, 0.3) is 0 Å². The van der Waals surface area contributed by atoms with Crippen molar-refractivity contribution >= 4 is 27.8 Å². The summed E-state index contributed by atoms with van der Waals surface area (Å²) in [5, 5.41) is 2.39. The van der Waals surface area contributed by atoms with E-state index >= 15 is 0 Å². The van der Waals surface area contributed by atoms with Gasteiger partial charge in [-0.05, 0) is 38.8 Å². The van der Waals surface area contributed by atoms with Crippen LogP contribution in [0.4, 0.5) is 37.0 Å². The van der Waals surface area contributed by atoms with Gasteiger partial charge in [0.25, 0.3) is 0 Å². The number of alkyl halides is 3. The predicted molar refractivity (Wildman–Crippen MR) is 129 cm³/mol. The summed E-state index contributed by atoms with van der Waals surface area (Å²) in [7, 11) is -4.02. The van der Waals surface area contributed by atoms with Gasteiger partial charge in [-0.25, -0.2) is 31.4 Å². The number of carbonyl (C=O) groups is 2. The fraction of sp³-hybridized carbons (Fsp3) is 0.522. The minimum Gasteiger partial charge on any atom is -0.444 e. The van der Waals surface area contributed by atoms with Crippen molar-refractivity contribution in [3.8, 4) is 0 Å². The molecule has 0 aliphatic carbocycles. The van der Waals surface area contributed by atoms with Crippen LogP contribution in [0.1, 0.15) is 44.3 Å². The minimum atomic E-state index is -4.91. The molecule has 2 aromatic rings. The Hall–Kier alpha value is -3.50. The van der Waals surface area contributed by atoms with Gasteiger partial charge >= 0.3 is 12.3 Å². The molecule has 1 aliphatic heterocycles. The summed E-state index contributed by atoms with van der Waals surface area (Å²) in [6.45, 7) is 3.61. The number of alkyl carbamates (subject to hydrolysis) is 1. The Morgan fingerprint density at radius 1 is 1.07 bits per heavy atom. The molecule has 2 amide bonds. The average Bonchev–Trinajstić information content (AvgIpc) is 3.12. The summed E-state index contributed by atoms with van der Waals surface area (Å²) in [5.74, 6) is -6.57. The number of halogens is 6. The number of carbonyl (C=O) groups excluding carboxylic acids is 2. The molecule has 1 aliphatic rings. The Balaban J connectivity index is 1.87. The molecule has 1 aromatic heterocycles. The third kappa shape index (κ3) is 8.02. The van der Waals surface area contributed by atoms with Crippen molar-refractivity contribution in [2.75, 3.05) is 17.5 Å². The standard InChI is InChI=1S/C23H27F6N5O5S/c1-22(2,3)39-21(36)30-13(7-12-8-15(25)16(26)10-14(12)24)9-18(35)33-5-6-34-17(11-33)19(32-40(4,37)38)31-20(34)23(27,28)29/h8,10,13,32H,5-7,9,11H2,1-4H3,(H,30,36)/t13-/m1/s1. The maximum Gasteiger partial charge on any atom is 0.449 e. The molecule has 0 unspecified atom stereocenters. The molecule has 1 atom stereocenters. The van der Waals surface area contributed by atoms with Crippen LogP contribution in [0.15, 0.2) is 12.1 Å². The van der Waals surface area contributed by atoms with Crippen molar-refractivity contribution in [3.63, 3.8) is 0 Å². The zero-order chi connectivity index (χ0) is 30.2. The van der Waals surface area contributed by atoms with Crippen LogP contribution in [-0.4, -0.2) is 59.3 Å². The predicted octanol–water partition coefficient (Wildman–Crippen LogP) is 3.56. The first-order chi connectivity index (χ1) is 18.2. The number of nitrogens with one attached hydrogen (secondary N) is 2. The molecule has 222 valence electrons. The summed E-state index contributed by atoms with van der Waals surface area (Å²) in [6.07, 6.45) is -6.16. The minimum absolute atomic E-state index is 0.222. The zero-order valence-electron chi connectivity index (χ0n) is 21.8. The number of rotatable bonds is 7. The highest BCUT2D eigenvalue weighted by Gasteiger charge is 2.41. The normalized spacial score (nSPS) is 14.9. The molecule has 0 bridgehead atoms. The van der Waals surface area contributed by atoms with Gasteiger partial charge in [0.15, 0.2) is 17.5 Å². The molecule has 0 radical (unpaired) electrons. The summed E-state index contributed by atoms with van der Waals surface area (Å²) >= 11 is 0. The summed E-state index contributed by atoms with van der Waals surface area (Å²) in [6, 6.07) is -0.301. The highest BCUT2D eigenvalue weighted by Crippen LogP contribution is 2.34. The lowest BCUT2D eigenvalue weighted by molar-refractivity contribution is -0.148. The average molecular weight is 600 g/mol. The Morgan fingerprint density at radius 2 is 1.70 bits per heavy atom. The number of sulfonamides is 1. The van der Waals surface area contributed by atoms with E-state index in [1.807, 2.05) is 4.72 Å². The van der Waals surface area contributed by atoms with Crippen LogP contribution in [-0.2, 0) is 45.2 Å². The number of aromatic nitrogens is 2. The van der Waals surface area contributed by atoms with Gasteiger partial charge < -0.3 is 19.5 Å². The molecule has 40 heavy (non-hydrogen) atoms. The number of amides is 2. The Kier molecular flexibility index (Phi) is 8.67. The van der Waals surface area contributed by atoms with Crippen LogP contribution in [0.3, 0.4) is 0 Å². The Bertz CT molecular complexity index is 1400. The van der Waals surface area contributed by atoms with Crippen molar-refractivity contribution in [1.29, 1.82) is 0 Å².